The topological polar surface area (TPSA) is 81.1 Å². The van der Waals surface area contributed by atoms with E-state index in [-0.39, 0.29) is 5.91 Å². The highest BCUT2D eigenvalue weighted by molar-refractivity contribution is 6.05. The van der Waals surface area contributed by atoms with Gasteiger partial charge in [0.25, 0.3) is 5.91 Å². The van der Waals surface area contributed by atoms with E-state index in [2.05, 4.69) is 52.6 Å². The maximum Gasteiger partial charge on any atom is 0.257 e. The number of hydrogen-bond donors (Lipinski definition) is 2. The number of rotatable bonds is 7. The summed E-state index contributed by atoms with van der Waals surface area (Å²) in [5, 5.41) is 15.2. The molecule has 2 aromatic carbocycles. The van der Waals surface area contributed by atoms with Crippen LogP contribution in [0.25, 0.3) is 0 Å². The molecule has 6 heteroatoms. The summed E-state index contributed by atoms with van der Waals surface area (Å²) in [5.41, 5.74) is 4.09. The van der Waals surface area contributed by atoms with Crippen LogP contribution < -0.4 is 15.5 Å². The SMILES string of the molecule is CCN(CC)c1ccc(Nc2cncc(C(=O)Nc3ccccc3C#N)c2)cc1. The van der Waals surface area contributed by atoms with Crippen LogP contribution >= 0.6 is 0 Å². The molecule has 0 aliphatic heterocycles. The fourth-order valence-electron chi connectivity index (χ4n) is 3.03. The van der Waals surface area contributed by atoms with Crippen molar-refractivity contribution in [2.24, 2.45) is 0 Å². The van der Waals surface area contributed by atoms with Crippen LogP contribution in [-0.2, 0) is 0 Å². The number of para-hydroxylation sites is 1. The standard InChI is InChI=1S/C23H23N5O/c1-3-28(4-2)21-11-9-19(10-12-21)26-20-13-18(15-25-16-20)23(29)27-22-8-6-5-7-17(22)14-24/h5-13,15-16,26H,3-4H2,1-2H3,(H,27,29). The smallest absolute Gasteiger partial charge is 0.257 e. The van der Waals surface area contributed by atoms with Crippen LogP contribution in [0.15, 0.2) is 67.0 Å². The Morgan fingerprint density at radius 1 is 1.03 bits per heavy atom. The first-order valence-corrected chi connectivity index (χ1v) is 9.52. The molecule has 29 heavy (non-hydrogen) atoms. The molecule has 6 nitrogen and oxygen atoms in total. The van der Waals surface area contributed by atoms with Gasteiger partial charge < -0.3 is 15.5 Å². The van der Waals surface area contributed by atoms with Crippen LogP contribution in [0.5, 0.6) is 0 Å². The van der Waals surface area contributed by atoms with Crippen molar-refractivity contribution in [2.75, 3.05) is 28.6 Å². The first kappa shape index (κ1) is 19.9. The molecule has 146 valence electrons. The third kappa shape index (κ3) is 4.90. The highest BCUT2D eigenvalue weighted by Gasteiger charge is 2.10. The number of aromatic nitrogens is 1. The van der Waals surface area contributed by atoms with E-state index in [0.29, 0.717) is 22.5 Å². The first-order valence-electron chi connectivity index (χ1n) is 9.52. The Kier molecular flexibility index (Phi) is 6.43. The van der Waals surface area contributed by atoms with Gasteiger partial charge in [0.2, 0.25) is 0 Å². The van der Waals surface area contributed by atoms with E-state index in [1.54, 1.807) is 36.5 Å². The summed E-state index contributed by atoms with van der Waals surface area (Å²) in [4.78, 5) is 19.0. The van der Waals surface area contributed by atoms with Crippen LogP contribution in [0, 0.1) is 11.3 Å². The summed E-state index contributed by atoms with van der Waals surface area (Å²) < 4.78 is 0. The summed E-state index contributed by atoms with van der Waals surface area (Å²) in [5.74, 6) is -0.319. The number of benzene rings is 2. The van der Waals surface area contributed by atoms with Crippen molar-refractivity contribution in [3.8, 4) is 6.07 Å². The molecule has 0 aliphatic carbocycles. The Balaban J connectivity index is 1.72. The molecule has 0 bridgehead atoms. The Morgan fingerprint density at radius 2 is 1.76 bits per heavy atom. The van der Waals surface area contributed by atoms with Gasteiger partial charge >= 0.3 is 0 Å². The second-order valence-electron chi connectivity index (χ2n) is 6.42. The number of hydrogen-bond acceptors (Lipinski definition) is 5. The fraction of sp³-hybridized carbons (Fsp3) is 0.174. The number of pyridine rings is 1. The molecule has 0 unspecified atom stereocenters. The summed E-state index contributed by atoms with van der Waals surface area (Å²) in [6.45, 7) is 6.18. The molecule has 0 atom stereocenters. The van der Waals surface area contributed by atoms with Crippen LogP contribution in [0.3, 0.4) is 0 Å². The third-order valence-corrected chi connectivity index (χ3v) is 4.58. The highest BCUT2D eigenvalue weighted by Crippen LogP contribution is 2.22. The lowest BCUT2D eigenvalue weighted by Gasteiger charge is -2.21. The lowest BCUT2D eigenvalue weighted by molar-refractivity contribution is 0.102. The van der Waals surface area contributed by atoms with Crippen LogP contribution in [0.4, 0.5) is 22.7 Å². The first-order chi connectivity index (χ1) is 14.1. The van der Waals surface area contributed by atoms with E-state index < -0.39 is 0 Å². The Bertz CT molecular complexity index is 1020. The van der Waals surface area contributed by atoms with Gasteiger partial charge in [0, 0.05) is 30.7 Å². The molecule has 0 radical (unpaired) electrons. The van der Waals surface area contributed by atoms with Gasteiger partial charge in [0.1, 0.15) is 6.07 Å². The second kappa shape index (κ2) is 9.38. The third-order valence-electron chi connectivity index (χ3n) is 4.58. The zero-order chi connectivity index (χ0) is 20.6. The molecular formula is C23H23N5O. The quantitative estimate of drug-likeness (QED) is 0.611. The van der Waals surface area contributed by atoms with Crippen LogP contribution in [0.2, 0.25) is 0 Å². The lowest BCUT2D eigenvalue weighted by atomic mass is 10.1. The van der Waals surface area contributed by atoms with Gasteiger partial charge in [-0.1, -0.05) is 12.1 Å². The zero-order valence-electron chi connectivity index (χ0n) is 16.5. The maximum atomic E-state index is 12.6. The normalized spacial score (nSPS) is 10.1. The average molecular weight is 385 g/mol. The molecule has 0 saturated heterocycles. The van der Waals surface area contributed by atoms with Gasteiger partial charge in [-0.25, -0.2) is 0 Å². The summed E-state index contributed by atoms with van der Waals surface area (Å²) >= 11 is 0. The molecule has 3 rings (SSSR count). The fourth-order valence-corrected chi connectivity index (χ4v) is 3.03. The number of nitrogens with zero attached hydrogens (tertiary/aromatic N) is 3. The number of anilines is 4. The molecule has 0 aliphatic rings. The van der Waals surface area contributed by atoms with Crippen molar-refractivity contribution in [3.63, 3.8) is 0 Å². The van der Waals surface area contributed by atoms with Crippen molar-refractivity contribution in [1.29, 1.82) is 5.26 Å². The van der Waals surface area contributed by atoms with E-state index in [1.165, 1.54) is 11.9 Å². The molecule has 1 aromatic heterocycles. The Labute approximate surface area is 170 Å². The molecule has 1 amide bonds. The lowest BCUT2D eigenvalue weighted by Crippen LogP contribution is -2.21. The highest BCUT2D eigenvalue weighted by atomic mass is 16.1. The van der Waals surface area contributed by atoms with Crippen molar-refractivity contribution in [1.82, 2.24) is 4.98 Å². The van der Waals surface area contributed by atoms with Gasteiger partial charge in [-0.15, -0.1) is 0 Å². The second-order valence-corrected chi connectivity index (χ2v) is 6.42. The number of nitrogens with one attached hydrogen (secondary N) is 2. The largest absolute Gasteiger partial charge is 0.372 e. The minimum absolute atomic E-state index is 0.319. The van der Waals surface area contributed by atoms with Gasteiger partial charge in [-0.05, 0) is 56.3 Å². The molecule has 1 heterocycles. The van der Waals surface area contributed by atoms with Gasteiger partial charge in [0.05, 0.1) is 28.7 Å². The van der Waals surface area contributed by atoms with Gasteiger partial charge in [0.15, 0.2) is 0 Å². The Hall–Kier alpha value is -3.85. The van der Waals surface area contributed by atoms with Crippen LogP contribution in [-0.4, -0.2) is 24.0 Å². The molecule has 0 saturated carbocycles. The van der Waals surface area contributed by atoms with Crippen molar-refractivity contribution in [2.45, 2.75) is 13.8 Å². The monoisotopic (exact) mass is 385 g/mol. The molecule has 3 aromatic rings. The Morgan fingerprint density at radius 3 is 2.45 bits per heavy atom. The maximum absolute atomic E-state index is 12.6. The van der Waals surface area contributed by atoms with Crippen molar-refractivity contribution in [3.05, 3.63) is 78.1 Å². The number of nitriles is 1. The average Bonchev–Trinajstić information content (AvgIpc) is 2.76. The molecule has 0 spiro atoms. The number of carbonyl (C=O) groups excluding carboxylic acids is 1. The molecule has 0 fully saturated rings. The molecule has 2 N–H and O–H groups in total. The summed E-state index contributed by atoms with van der Waals surface area (Å²) in [7, 11) is 0. The van der Waals surface area contributed by atoms with E-state index in [4.69, 9.17) is 5.26 Å². The van der Waals surface area contributed by atoms with Gasteiger partial charge in [-0.3, -0.25) is 9.78 Å². The van der Waals surface area contributed by atoms with Crippen molar-refractivity contribution >= 4 is 28.7 Å². The predicted molar refractivity (Wildman–Crippen MR) is 117 cm³/mol. The number of amides is 1. The summed E-state index contributed by atoms with van der Waals surface area (Å²) in [6, 6.07) is 18.8. The number of carbonyl (C=O) groups is 1. The predicted octanol–water partition coefficient (Wildman–Crippen LogP) is 4.80. The van der Waals surface area contributed by atoms with E-state index in [1.807, 2.05) is 12.1 Å². The van der Waals surface area contributed by atoms with Crippen molar-refractivity contribution < 1.29 is 4.79 Å². The minimum Gasteiger partial charge on any atom is -0.372 e. The van der Waals surface area contributed by atoms with Gasteiger partial charge in [-0.2, -0.15) is 5.26 Å². The van der Waals surface area contributed by atoms with Crippen LogP contribution in [0.1, 0.15) is 29.8 Å². The minimum atomic E-state index is -0.319. The zero-order valence-corrected chi connectivity index (χ0v) is 16.5. The molecular weight excluding hydrogens is 362 g/mol. The van der Waals surface area contributed by atoms with E-state index in [0.717, 1.165) is 18.8 Å². The van der Waals surface area contributed by atoms with E-state index >= 15 is 0 Å². The van der Waals surface area contributed by atoms with E-state index in [9.17, 15) is 4.79 Å². The summed E-state index contributed by atoms with van der Waals surface area (Å²) in [6.07, 6.45) is 3.16.